The smallest absolute Gasteiger partial charge is 0.313 e. The molecule has 1 aliphatic rings. The molecule has 1 aromatic carbocycles. The van der Waals surface area contributed by atoms with Gasteiger partial charge < -0.3 is 9.47 Å². The highest BCUT2D eigenvalue weighted by Gasteiger charge is 2.34. The zero-order valence-corrected chi connectivity index (χ0v) is 16.3. The van der Waals surface area contributed by atoms with Crippen LogP contribution in [-0.4, -0.2) is 54.8 Å². The van der Waals surface area contributed by atoms with Crippen molar-refractivity contribution in [3.8, 4) is 0 Å². The molecule has 0 saturated heterocycles. The number of hydrogen-bond donors (Lipinski definition) is 0. The molecule has 0 saturated carbocycles. The van der Waals surface area contributed by atoms with E-state index in [4.69, 9.17) is 9.47 Å². The molecule has 1 aromatic rings. The van der Waals surface area contributed by atoms with Gasteiger partial charge >= 0.3 is 5.97 Å². The van der Waals surface area contributed by atoms with Crippen LogP contribution in [0.15, 0.2) is 24.3 Å². The summed E-state index contributed by atoms with van der Waals surface area (Å²) in [5.41, 5.74) is 0.827. The first-order valence-electron chi connectivity index (χ1n) is 9.75. The molecule has 2 amide bonds. The maximum Gasteiger partial charge on any atom is 0.313 e. The molecule has 0 bridgehead atoms. The molecule has 0 aromatic heterocycles. The third-order valence-corrected chi connectivity index (χ3v) is 4.41. The van der Waals surface area contributed by atoms with Gasteiger partial charge in [0.25, 0.3) is 11.8 Å². The Kier molecular flexibility index (Phi) is 8.81. The number of benzene rings is 1. The fourth-order valence-electron chi connectivity index (χ4n) is 2.93. The highest BCUT2D eigenvalue weighted by molar-refractivity contribution is 6.21. The summed E-state index contributed by atoms with van der Waals surface area (Å²) in [6, 6.07) is 6.71. The summed E-state index contributed by atoms with van der Waals surface area (Å²) in [6.07, 6.45) is 4.14. The number of carbonyl (C=O) groups excluding carboxylic acids is 4. The number of imide groups is 1. The van der Waals surface area contributed by atoms with Crippen LogP contribution in [0.25, 0.3) is 0 Å². The molecule has 1 aliphatic heterocycles. The number of hydrogen-bond acceptors (Lipinski definition) is 6. The van der Waals surface area contributed by atoms with E-state index >= 15 is 0 Å². The average Bonchev–Trinajstić information content (AvgIpc) is 2.92. The minimum Gasteiger partial charge on any atom is -0.465 e. The standard InChI is InChI=1S/C21H27NO6/c1-2-3-4-7-13-28-19(24)14-16(23)15-27-12-8-11-22-20(25)17-9-5-6-10-18(17)21(22)26/h5-6,9-10H,2-4,7-8,11-15H2,1H3. The van der Waals surface area contributed by atoms with Crippen molar-refractivity contribution >= 4 is 23.6 Å². The molecule has 7 heteroatoms. The van der Waals surface area contributed by atoms with Crippen molar-refractivity contribution in [3.05, 3.63) is 35.4 Å². The van der Waals surface area contributed by atoms with Crippen LogP contribution >= 0.6 is 0 Å². The summed E-state index contributed by atoms with van der Waals surface area (Å²) < 4.78 is 10.3. The van der Waals surface area contributed by atoms with E-state index in [9.17, 15) is 19.2 Å². The average molecular weight is 389 g/mol. The number of ether oxygens (including phenoxy) is 2. The van der Waals surface area contributed by atoms with Crippen LogP contribution in [0.3, 0.4) is 0 Å². The van der Waals surface area contributed by atoms with Gasteiger partial charge in [-0.3, -0.25) is 24.1 Å². The SMILES string of the molecule is CCCCCCOC(=O)CC(=O)COCCCN1C(=O)c2ccccc2C1=O. The molecule has 0 radical (unpaired) electrons. The minimum atomic E-state index is -0.531. The number of fused-ring (bicyclic) bond motifs is 1. The molecule has 0 spiro atoms. The monoisotopic (exact) mass is 389 g/mol. The van der Waals surface area contributed by atoms with Crippen LogP contribution in [-0.2, 0) is 19.1 Å². The Morgan fingerprint density at radius 2 is 1.61 bits per heavy atom. The number of nitrogens with zero attached hydrogens (tertiary/aromatic N) is 1. The predicted octanol–water partition coefficient (Wildman–Crippen LogP) is 2.77. The molecule has 0 atom stereocenters. The number of ketones is 1. The minimum absolute atomic E-state index is 0.187. The zero-order valence-electron chi connectivity index (χ0n) is 16.3. The highest BCUT2D eigenvalue weighted by Crippen LogP contribution is 2.22. The van der Waals surface area contributed by atoms with Gasteiger partial charge in [0.15, 0.2) is 5.78 Å². The van der Waals surface area contributed by atoms with Crippen LogP contribution in [0.5, 0.6) is 0 Å². The van der Waals surface area contributed by atoms with Crippen LogP contribution in [0.4, 0.5) is 0 Å². The van der Waals surface area contributed by atoms with Gasteiger partial charge in [0.2, 0.25) is 0 Å². The fourth-order valence-corrected chi connectivity index (χ4v) is 2.93. The Morgan fingerprint density at radius 3 is 2.25 bits per heavy atom. The van der Waals surface area contributed by atoms with Gasteiger partial charge in [-0.25, -0.2) is 0 Å². The van der Waals surface area contributed by atoms with Crippen molar-refractivity contribution in [1.29, 1.82) is 0 Å². The van der Waals surface area contributed by atoms with Crippen molar-refractivity contribution in [2.75, 3.05) is 26.4 Å². The normalized spacial score (nSPS) is 13.0. The van der Waals surface area contributed by atoms with E-state index in [1.165, 1.54) is 4.90 Å². The molecule has 7 nitrogen and oxygen atoms in total. The number of carbonyl (C=O) groups is 4. The van der Waals surface area contributed by atoms with E-state index < -0.39 is 5.97 Å². The first kappa shape index (κ1) is 21.8. The number of rotatable bonds is 13. The van der Waals surface area contributed by atoms with E-state index in [1.54, 1.807) is 24.3 Å². The lowest BCUT2D eigenvalue weighted by Crippen LogP contribution is -2.31. The van der Waals surface area contributed by atoms with Crippen molar-refractivity contribution < 1.29 is 28.7 Å². The van der Waals surface area contributed by atoms with Crippen LogP contribution in [0.2, 0.25) is 0 Å². The zero-order chi connectivity index (χ0) is 20.4. The van der Waals surface area contributed by atoms with Crippen molar-refractivity contribution in [3.63, 3.8) is 0 Å². The van der Waals surface area contributed by atoms with Crippen LogP contribution < -0.4 is 0 Å². The molecule has 0 aliphatic carbocycles. The predicted molar refractivity (Wildman–Crippen MR) is 102 cm³/mol. The van der Waals surface area contributed by atoms with Gasteiger partial charge in [0.1, 0.15) is 13.0 Å². The summed E-state index contributed by atoms with van der Waals surface area (Å²) in [5.74, 6) is -1.49. The fraction of sp³-hybridized carbons (Fsp3) is 0.524. The maximum atomic E-state index is 12.2. The number of Topliss-reactive ketones (excluding diaryl/α,β-unsaturated/α-hetero) is 1. The van der Waals surface area contributed by atoms with E-state index in [0.29, 0.717) is 24.2 Å². The van der Waals surface area contributed by atoms with Crippen molar-refractivity contribution in [1.82, 2.24) is 4.90 Å². The Balaban J connectivity index is 1.57. The Bertz CT molecular complexity index is 680. The Morgan fingerprint density at radius 1 is 0.929 bits per heavy atom. The number of esters is 1. The molecule has 0 unspecified atom stereocenters. The van der Waals surface area contributed by atoms with Gasteiger partial charge in [0.05, 0.1) is 17.7 Å². The topological polar surface area (TPSA) is 90.0 Å². The molecule has 2 rings (SSSR count). The Labute approximate surface area is 165 Å². The first-order chi connectivity index (χ1) is 13.5. The first-order valence-corrected chi connectivity index (χ1v) is 9.75. The van der Waals surface area contributed by atoms with E-state index in [1.807, 2.05) is 0 Å². The lowest BCUT2D eigenvalue weighted by molar-refractivity contribution is -0.147. The lowest BCUT2D eigenvalue weighted by atomic mass is 10.1. The second-order valence-electron chi connectivity index (χ2n) is 6.71. The molecule has 0 fully saturated rings. The van der Waals surface area contributed by atoms with Gasteiger partial charge in [-0.1, -0.05) is 38.3 Å². The van der Waals surface area contributed by atoms with Gasteiger partial charge in [-0.15, -0.1) is 0 Å². The van der Waals surface area contributed by atoms with Crippen LogP contribution in [0.1, 0.15) is 66.2 Å². The largest absolute Gasteiger partial charge is 0.465 e. The van der Waals surface area contributed by atoms with E-state index in [-0.39, 0.29) is 43.8 Å². The van der Waals surface area contributed by atoms with Crippen molar-refractivity contribution in [2.24, 2.45) is 0 Å². The van der Waals surface area contributed by atoms with E-state index in [0.717, 1.165) is 25.7 Å². The summed E-state index contributed by atoms with van der Waals surface area (Å²) in [7, 11) is 0. The molecule has 152 valence electrons. The molecule has 0 N–H and O–H groups in total. The van der Waals surface area contributed by atoms with Gasteiger partial charge in [0, 0.05) is 13.2 Å². The second kappa shape index (κ2) is 11.3. The number of unbranched alkanes of at least 4 members (excludes halogenated alkanes) is 3. The Hall–Kier alpha value is -2.54. The molecule has 28 heavy (non-hydrogen) atoms. The highest BCUT2D eigenvalue weighted by atomic mass is 16.5. The van der Waals surface area contributed by atoms with Crippen LogP contribution in [0, 0.1) is 0 Å². The van der Waals surface area contributed by atoms with Gasteiger partial charge in [-0.2, -0.15) is 0 Å². The van der Waals surface area contributed by atoms with Gasteiger partial charge in [-0.05, 0) is 25.0 Å². The second-order valence-corrected chi connectivity index (χ2v) is 6.71. The molecular weight excluding hydrogens is 362 g/mol. The lowest BCUT2D eigenvalue weighted by Gasteiger charge is -2.13. The quantitative estimate of drug-likeness (QED) is 0.223. The summed E-state index contributed by atoms with van der Waals surface area (Å²) in [5, 5.41) is 0. The van der Waals surface area contributed by atoms with Crippen molar-refractivity contribution in [2.45, 2.75) is 45.4 Å². The summed E-state index contributed by atoms with van der Waals surface area (Å²) in [6.45, 7) is 2.69. The number of amides is 2. The maximum absolute atomic E-state index is 12.2. The summed E-state index contributed by atoms with van der Waals surface area (Å²) >= 11 is 0. The molecule has 1 heterocycles. The van der Waals surface area contributed by atoms with E-state index in [2.05, 4.69) is 6.92 Å². The third-order valence-electron chi connectivity index (χ3n) is 4.41. The summed E-state index contributed by atoms with van der Waals surface area (Å²) in [4.78, 5) is 48.9. The molecular formula is C21H27NO6. The third kappa shape index (κ3) is 6.27.